The summed E-state index contributed by atoms with van der Waals surface area (Å²) in [5.74, 6) is 0.0859. The summed E-state index contributed by atoms with van der Waals surface area (Å²) in [4.78, 5) is 0.845. The van der Waals surface area contributed by atoms with Crippen molar-refractivity contribution < 1.29 is 22.6 Å². The Kier molecular flexibility index (Phi) is 4.97. The Labute approximate surface area is 128 Å². The fraction of sp³-hybridized carbons (Fsp3) is 0.231. The first-order valence-electron chi connectivity index (χ1n) is 5.85. The number of rotatable bonds is 5. The van der Waals surface area contributed by atoms with Gasteiger partial charge in [-0.2, -0.15) is 0 Å². The van der Waals surface area contributed by atoms with E-state index in [-0.39, 0.29) is 12.3 Å². The summed E-state index contributed by atoms with van der Waals surface area (Å²) in [6.07, 6.45) is -5.12. The Hall–Kier alpha value is -1.44. The molecule has 0 aliphatic heterocycles. The second-order valence-corrected chi connectivity index (χ2v) is 5.75. The molecule has 8 heteroatoms. The summed E-state index contributed by atoms with van der Waals surface area (Å²) in [6.45, 7) is 0.220. The molecule has 0 fully saturated rings. The number of benzene rings is 1. The van der Waals surface area contributed by atoms with Crippen molar-refractivity contribution in [2.75, 3.05) is 6.54 Å². The van der Waals surface area contributed by atoms with Gasteiger partial charge in [0.25, 0.3) is 0 Å². The lowest BCUT2D eigenvalue weighted by Crippen LogP contribution is -2.18. The average Bonchev–Trinajstić information content (AvgIpc) is 2.82. The fourth-order valence-corrected chi connectivity index (χ4v) is 2.71. The van der Waals surface area contributed by atoms with E-state index in [2.05, 4.69) is 4.74 Å². The number of ether oxygens (including phenoxy) is 2. The largest absolute Gasteiger partial charge is 0.573 e. The molecule has 0 radical (unpaired) electrons. The van der Waals surface area contributed by atoms with E-state index in [1.54, 1.807) is 12.1 Å². The van der Waals surface area contributed by atoms with Crippen LogP contribution >= 0.6 is 22.9 Å². The lowest BCUT2D eigenvalue weighted by molar-refractivity contribution is -0.274. The first-order chi connectivity index (χ1) is 9.87. The Morgan fingerprint density at radius 2 is 1.71 bits per heavy atom. The van der Waals surface area contributed by atoms with Gasteiger partial charge in [-0.3, -0.25) is 0 Å². The van der Waals surface area contributed by atoms with E-state index in [1.165, 1.54) is 35.6 Å². The molecule has 0 saturated heterocycles. The van der Waals surface area contributed by atoms with E-state index in [0.29, 0.717) is 10.1 Å². The zero-order valence-electron chi connectivity index (χ0n) is 10.6. The molecule has 3 nitrogen and oxygen atoms in total. The average molecular weight is 338 g/mol. The van der Waals surface area contributed by atoms with Crippen LogP contribution in [-0.2, 0) is 0 Å². The predicted molar refractivity (Wildman–Crippen MR) is 74.9 cm³/mol. The van der Waals surface area contributed by atoms with Crippen molar-refractivity contribution in [1.29, 1.82) is 0 Å². The van der Waals surface area contributed by atoms with Crippen LogP contribution in [0.2, 0.25) is 4.34 Å². The maximum absolute atomic E-state index is 12.0. The standard InChI is InChI=1S/C13H11ClF3NO2S/c14-12-6-5-11(21-12)10(7-18)19-8-1-3-9(4-2-8)20-13(15,16)17/h1-6,10H,7,18H2. The van der Waals surface area contributed by atoms with Gasteiger partial charge in [0.2, 0.25) is 0 Å². The zero-order chi connectivity index (χ0) is 15.5. The van der Waals surface area contributed by atoms with Gasteiger partial charge >= 0.3 is 6.36 Å². The van der Waals surface area contributed by atoms with E-state index < -0.39 is 12.5 Å². The van der Waals surface area contributed by atoms with Crippen molar-refractivity contribution in [2.45, 2.75) is 12.5 Å². The molecule has 2 aromatic rings. The number of hydrogen-bond donors (Lipinski definition) is 1. The van der Waals surface area contributed by atoms with Crippen molar-refractivity contribution in [1.82, 2.24) is 0 Å². The monoisotopic (exact) mass is 337 g/mol. The molecule has 1 atom stereocenters. The number of alkyl halides is 3. The molecule has 0 amide bonds. The van der Waals surface area contributed by atoms with E-state index >= 15 is 0 Å². The van der Waals surface area contributed by atoms with Gasteiger partial charge in [0, 0.05) is 11.4 Å². The molecule has 2 N–H and O–H groups in total. The Balaban J connectivity index is 2.05. The van der Waals surface area contributed by atoms with Crippen LogP contribution in [0.4, 0.5) is 13.2 Å². The third-order valence-corrected chi connectivity index (χ3v) is 3.78. The highest BCUT2D eigenvalue weighted by Crippen LogP contribution is 2.31. The highest BCUT2D eigenvalue weighted by atomic mass is 35.5. The van der Waals surface area contributed by atoms with Gasteiger partial charge in [0.05, 0.1) is 4.34 Å². The summed E-state index contributed by atoms with van der Waals surface area (Å²) in [7, 11) is 0. The smallest absolute Gasteiger partial charge is 0.484 e. The fourth-order valence-electron chi connectivity index (χ4n) is 1.61. The van der Waals surface area contributed by atoms with Crippen LogP contribution in [0.25, 0.3) is 0 Å². The molecule has 0 spiro atoms. The van der Waals surface area contributed by atoms with E-state index in [4.69, 9.17) is 22.1 Å². The normalized spacial score (nSPS) is 13.0. The molecule has 0 aliphatic rings. The number of thiophene rings is 1. The van der Waals surface area contributed by atoms with Crippen LogP contribution in [-0.4, -0.2) is 12.9 Å². The van der Waals surface area contributed by atoms with Gasteiger partial charge in [0.1, 0.15) is 17.6 Å². The molecule has 1 unspecified atom stereocenters. The molecule has 0 saturated carbocycles. The maximum atomic E-state index is 12.0. The minimum Gasteiger partial charge on any atom is -0.484 e. The molecule has 21 heavy (non-hydrogen) atoms. The second-order valence-electron chi connectivity index (χ2n) is 4.00. The highest BCUT2D eigenvalue weighted by Gasteiger charge is 2.31. The van der Waals surface area contributed by atoms with Crippen LogP contribution in [0.3, 0.4) is 0 Å². The molecule has 114 valence electrons. The molecule has 1 aromatic heterocycles. The zero-order valence-corrected chi connectivity index (χ0v) is 12.1. The third kappa shape index (κ3) is 4.80. The summed E-state index contributed by atoms with van der Waals surface area (Å²) < 4.78 is 46.2. The van der Waals surface area contributed by atoms with Crippen molar-refractivity contribution in [3.05, 3.63) is 45.6 Å². The summed E-state index contributed by atoms with van der Waals surface area (Å²) in [5.41, 5.74) is 5.64. The quantitative estimate of drug-likeness (QED) is 0.880. The van der Waals surface area contributed by atoms with Crippen molar-refractivity contribution in [3.8, 4) is 11.5 Å². The van der Waals surface area contributed by atoms with Gasteiger partial charge in [0.15, 0.2) is 0 Å². The van der Waals surface area contributed by atoms with Gasteiger partial charge in [-0.05, 0) is 36.4 Å². The SMILES string of the molecule is NCC(Oc1ccc(OC(F)(F)F)cc1)c1ccc(Cl)s1. The molecular weight excluding hydrogens is 327 g/mol. The molecule has 1 heterocycles. The van der Waals surface area contributed by atoms with E-state index in [9.17, 15) is 13.2 Å². The first-order valence-corrected chi connectivity index (χ1v) is 7.04. The maximum Gasteiger partial charge on any atom is 0.573 e. The van der Waals surface area contributed by atoms with Crippen LogP contribution in [0.15, 0.2) is 36.4 Å². The molecular formula is C13H11ClF3NO2S. The molecule has 1 aromatic carbocycles. The molecule has 2 rings (SSSR count). The number of nitrogens with two attached hydrogens (primary N) is 1. The first kappa shape index (κ1) is 15.9. The van der Waals surface area contributed by atoms with Crippen LogP contribution in [0.1, 0.15) is 11.0 Å². The van der Waals surface area contributed by atoms with Gasteiger partial charge in [-0.15, -0.1) is 24.5 Å². The summed E-state index contributed by atoms with van der Waals surface area (Å²) in [6, 6.07) is 8.66. The van der Waals surface area contributed by atoms with Gasteiger partial charge < -0.3 is 15.2 Å². The highest BCUT2D eigenvalue weighted by molar-refractivity contribution is 7.16. The lowest BCUT2D eigenvalue weighted by atomic mass is 10.2. The van der Waals surface area contributed by atoms with E-state index in [0.717, 1.165) is 4.88 Å². The minimum absolute atomic E-state index is 0.220. The minimum atomic E-state index is -4.71. The van der Waals surface area contributed by atoms with Crippen molar-refractivity contribution in [2.24, 2.45) is 5.73 Å². The second kappa shape index (κ2) is 6.55. The number of halogens is 4. The lowest BCUT2D eigenvalue weighted by Gasteiger charge is -2.16. The van der Waals surface area contributed by atoms with Crippen molar-refractivity contribution in [3.63, 3.8) is 0 Å². The van der Waals surface area contributed by atoms with Gasteiger partial charge in [-0.1, -0.05) is 11.6 Å². The Morgan fingerprint density at radius 3 is 2.19 bits per heavy atom. The molecule has 0 bridgehead atoms. The van der Waals surface area contributed by atoms with Crippen molar-refractivity contribution >= 4 is 22.9 Å². The number of hydrogen-bond acceptors (Lipinski definition) is 4. The Morgan fingerprint density at radius 1 is 1.10 bits per heavy atom. The summed E-state index contributed by atoms with van der Waals surface area (Å²) >= 11 is 7.18. The topological polar surface area (TPSA) is 44.5 Å². The van der Waals surface area contributed by atoms with E-state index in [1.807, 2.05) is 0 Å². The summed E-state index contributed by atoms with van der Waals surface area (Å²) in [5, 5.41) is 0. The van der Waals surface area contributed by atoms with Crippen LogP contribution in [0.5, 0.6) is 11.5 Å². The van der Waals surface area contributed by atoms with Crippen LogP contribution in [0, 0.1) is 0 Å². The predicted octanol–water partition coefficient (Wildman–Crippen LogP) is 4.38. The van der Waals surface area contributed by atoms with Crippen LogP contribution < -0.4 is 15.2 Å². The molecule has 0 aliphatic carbocycles. The Bertz CT molecular complexity index is 586. The third-order valence-electron chi connectivity index (χ3n) is 2.46. The van der Waals surface area contributed by atoms with Gasteiger partial charge in [-0.25, -0.2) is 0 Å².